The number of aliphatic hydroxyl groups excluding tert-OH is 1. The molecule has 3 rings (SSSR count). The summed E-state index contributed by atoms with van der Waals surface area (Å²) in [6.07, 6.45) is 5.92. The molecule has 1 aliphatic heterocycles. The van der Waals surface area contributed by atoms with Crippen LogP contribution in [0.5, 0.6) is 5.88 Å². The van der Waals surface area contributed by atoms with Gasteiger partial charge in [0.05, 0.1) is 19.2 Å². The molecule has 0 unspecified atom stereocenters. The first-order valence-corrected chi connectivity index (χ1v) is 12.3. The number of urea groups is 1. The topological polar surface area (TPSA) is 95.0 Å². The second-order valence-corrected chi connectivity index (χ2v) is 9.93. The summed E-state index contributed by atoms with van der Waals surface area (Å²) in [4.78, 5) is 33.7. The number of aliphatic hydroxyl groups is 1. The molecule has 1 fully saturated rings. The van der Waals surface area contributed by atoms with Crippen LogP contribution in [0.3, 0.4) is 0 Å². The minimum Gasteiger partial charge on any atom is -0.472 e. The standard InChI is InChI=1S/C26H38N4O4/c1-17(2)28-26(33)29(5)15-23-18(3)14-30(19(4)16-31)25(32)22-12-21(13-27-24(22)34-23)11-10-20-8-6-7-9-20/h12-13,17-20,23,31H,6-9,14-16H2,1-5H3,(H,28,33)/t18-,19-,23+/m0/s1. The Morgan fingerprint density at radius 2 is 2.06 bits per heavy atom. The largest absolute Gasteiger partial charge is 0.472 e. The van der Waals surface area contributed by atoms with Crippen molar-refractivity contribution in [3.63, 3.8) is 0 Å². The number of likely N-dealkylation sites (N-methyl/N-ethyl adjacent to an activating group) is 1. The molecule has 0 bridgehead atoms. The smallest absolute Gasteiger partial charge is 0.317 e. The quantitative estimate of drug-likeness (QED) is 0.646. The van der Waals surface area contributed by atoms with Crippen molar-refractivity contribution in [2.24, 2.45) is 11.8 Å². The number of carbonyl (C=O) groups is 2. The number of hydrogen-bond donors (Lipinski definition) is 2. The van der Waals surface area contributed by atoms with Gasteiger partial charge in [-0.25, -0.2) is 9.78 Å². The summed E-state index contributed by atoms with van der Waals surface area (Å²) < 4.78 is 6.25. The number of carbonyl (C=O) groups excluding carboxylic acids is 2. The van der Waals surface area contributed by atoms with Crippen molar-refractivity contribution >= 4 is 11.9 Å². The van der Waals surface area contributed by atoms with Crippen LogP contribution in [0.15, 0.2) is 12.3 Å². The van der Waals surface area contributed by atoms with Gasteiger partial charge in [0.15, 0.2) is 0 Å². The van der Waals surface area contributed by atoms with E-state index in [0.29, 0.717) is 30.1 Å². The Labute approximate surface area is 203 Å². The van der Waals surface area contributed by atoms with Gasteiger partial charge in [0, 0.05) is 43.2 Å². The van der Waals surface area contributed by atoms with Crippen molar-refractivity contribution < 1.29 is 19.4 Å². The van der Waals surface area contributed by atoms with Crippen LogP contribution in [0.25, 0.3) is 0 Å². The van der Waals surface area contributed by atoms with Crippen LogP contribution in [-0.2, 0) is 0 Å². The number of nitrogens with one attached hydrogen (secondary N) is 1. The van der Waals surface area contributed by atoms with Crippen molar-refractivity contribution in [1.82, 2.24) is 20.1 Å². The number of pyridine rings is 1. The van der Waals surface area contributed by atoms with Gasteiger partial charge >= 0.3 is 6.03 Å². The van der Waals surface area contributed by atoms with Gasteiger partial charge < -0.3 is 25.0 Å². The molecule has 8 nitrogen and oxygen atoms in total. The van der Waals surface area contributed by atoms with Crippen LogP contribution >= 0.6 is 0 Å². The third kappa shape index (κ3) is 6.41. The summed E-state index contributed by atoms with van der Waals surface area (Å²) in [7, 11) is 1.72. The van der Waals surface area contributed by atoms with Gasteiger partial charge in [0.1, 0.15) is 11.7 Å². The van der Waals surface area contributed by atoms with E-state index in [4.69, 9.17) is 4.74 Å². The Balaban J connectivity index is 1.91. The fraction of sp³-hybridized carbons (Fsp3) is 0.654. The van der Waals surface area contributed by atoms with Crippen LogP contribution in [0.4, 0.5) is 4.79 Å². The molecule has 2 aliphatic rings. The van der Waals surface area contributed by atoms with Gasteiger partial charge in [0.25, 0.3) is 5.91 Å². The zero-order valence-electron chi connectivity index (χ0n) is 21.0. The molecule has 2 N–H and O–H groups in total. The van der Waals surface area contributed by atoms with E-state index in [2.05, 4.69) is 22.1 Å². The third-order valence-electron chi connectivity index (χ3n) is 6.51. The van der Waals surface area contributed by atoms with E-state index in [1.807, 2.05) is 27.7 Å². The predicted octanol–water partition coefficient (Wildman–Crippen LogP) is 2.89. The maximum Gasteiger partial charge on any atom is 0.317 e. The van der Waals surface area contributed by atoms with E-state index in [1.165, 1.54) is 12.8 Å². The molecule has 3 amide bonds. The summed E-state index contributed by atoms with van der Waals surface area (Å²) in [5.41, 5.74) is 1.02. The van der Waals surface area contributed by atoms with Crippen LogP contribution in [0.1, 0.15) is 69.3 Å². The number of nitrogens with zero attached hydrogens (tertiary/aromatic N) is 3. The highest BCUT2D eigenvalue weighted by atomic mass is 16.5. The van der Waals surface area contributed by atoms with Crippen molar-refractivity contribution in [3.8, 4) is 17.7 Å². The molecular formula is C26H38N4O4. The second-order valence-electron chi connectivity index (χ2n) is 9.93. The highest BCUT2D eigenvalue weighted by Gasteiger charge is 2.34. The number of hydrogen-bond acceptors (Lipinski definition) is 5. The highest BCUT2D eigenvalue weighted by Crippen LogP contribution is 2.28. The van der Waals surface area contributed by atoms with Crippen molar-refractivity contribution in [2.45, 2.75) is 71.6 Å². The summed E-state index contributed by atoms with van der Waals surface area (Å²) in [6.45, 7) is 8.20. The molecule has 1 aliphatic carbocycles. The molecule has 1 saturated carbocycles. The van der Waals surface area contributed by atoms with Gasteiger partial charge in [-0.15, -0.1) is 0 Å². The molecule has 8 heteroatoms. The summed E-state index contributed by atoms with van der Waals surface area (Å²) in [5.74, 6) is 6.82. The molecular weight excluding hydrogens is 432 g/mol. The van der Waals surface area contributed by atoms with Gasteiger partial charge in [0.2, 0.25) is 5.88 Å². The fourth-order valence-electron chi connectivity index (χ4n) is 4.35. The van der Waals surface area contributed by atoms with E-state index in [1.54, 1.807) is 29.1 Å². The minimum absolute atomic E-state index is 0.0234. The van der Waals surface area contributed by atoms with E-state index < -0.39 is 0 Å². The molecule has 1 aromatic rings. The molecule has 0 saturated heterocycles. The van der Waals surface area contributed by atoms with E-state index >= 15 is 0 Å². The minimum atomic E-state index is -0.383. The molecule has 186 valence electrons. The average Bonchev–Trinajstić information content (AvgIpc) is 3.32. The summed E-state index contributed by atoms with van der Waals surface area (Å²) in [6, 6.07) is 1.22. The number of amides is 3. The van der Waals surface area contributed by atoms with Crippen LogP contribution in [0.2, 0.25) is 0 Å². The maximum absolute atomic E-state index is 13.5. The first-order valence-electron chi connectivity index (χ1n) is 12.3. The second kappa shape index (κ2) is 11.6. The maximum atomic E-state index is 13.5. The number of ether oxygens (including phenoxy) is 1. The van der Waals surface area contributed by atoms with Gasteiger partial charge in [-0.3, -0.25) is 4.79 Å². The van der Waals surface area contributed by atoms with Gasteiger partial charge in [-0.05, 0) is 39.7 Å². The van der Waals surface area contributed by atoms with Crippen LogP contribution < -0.4 is 10.1 Å². The number of fused-ring (bicyclic) bond motifs is 1. The van der Waals surface area contributed by atoms with Crippen molar-refractivity contribution in [1.29, 1.82) is 0 Å². The Morgan fingerprint density at radius 1 is 1.35 bits per heavy atom. The summed E-state index contributed by atoms with van der Waals surface area (Å²) >= 11 is 0. The normalized spacial score (nSPS) is 21.6. The lowest BCUT2D eigenvalue weighted by Gasteiger charge is -2.37. The lowest BCUT2D eigenvalue weighted by atomic mass is 10.00. The molecule has 0 radical (unpaired) electrons. The van der Waals surface area contributed by atoms with Crippen molar-refractivity contribution in [3.05, 3.63) is 23.4 Å². The van der Waals surface area contributed by atoms with Crippen molar-refractivity contribution in [2.75, 3.05) is 26.7 Å². The third-order valence-corrected chi connectivity index (χ3v) is 6.51. The van der Waals surface area contributed by atoms with E-state index in [0.717, 1.165) is 12.8 Å². The Hall–Kier alpha value is -2.79. The Bertz CT molecular complexity index is 932. The van der Waals surface area contributed by atoms with Gasteiger partial charge in [-0.2, -0.15) is 0 Å². The number of rotatable bonds is 5. The molecule has 3 atom stereocenters. The fourth-order valence-corrected chi connectivity index (χ4v) is 4.35. The predicted molar refractivity (Wildman–Crippen MR) is 131 cm³/mol. The lowest BCUT2D eigenvalue weighted by molar-refractivity contribution is 0.0351. The molecule has 2 heterocycles. The zero-order chi connectivity index (χ0) is 24.8. The SMILES string of the molecule is CC(C)NC(=O)N(C)C[C@H]1Oc2ncc(C#CC3CCCC3)cc2C(=O)N([C@@H](C)CO)C[C@@H]1C. The van der Waals surface area contributed by atoms with E-state index in [-0.39, 0.29) is 48.5 Å². The molecule has 0 aromatic carbocycles. The summed E-state index contributed by atoms with van der Waals surface area (Å²) in [5, 5.41) is 12.7. The first kappa shape index (κ1) is 25.8. The lowest BCUT2D eigenvalue weighted by Crippen LogP contribution is -2.51. The molecule has 34 heavy (non-hydrogen) atoms. The molecule has 0 spiro atoms. The highest BCUT2D eigenvalue weighted by molar-refractivity contribution is 5.97. The Kier molecular flexibility index (Phi) is 8.78. The Morgan fingerprint density at radius 3 is 2.71 bits per heavy atom. The van der Waals surface area contributed by atoms with Crippen LogP contribution in [-0.4, -0.2) is 76.8 Å². The van der Waals surface area contributed by atoms with Crippen LogP contribution in [0, 0.1) is 23.7 Å². The molecule has 1 aromatic heterocycles. The van der Waals surface area contributed by atoms with E-state index in [9.17, 15) is 14.7 Å². The average molecular weight is 471 g/mol. The first-order chi connectivity index (χ1) is 16.2. The van der Waals surface area contributed by atoms with Gasteiger partial charge in [-0.1, -0.05) is 31.6 Å². The monoisotopic (exact) mass is 470 g/mol. The zero-order valence-corrected chi connectivity index (χ0v) is 21.0. The number of aromatic nitrogens is 1.